The highest BCUT2D eigenvalue weighted by molar-refractivity contribution is 5.88. The summed E-state index contributed by atoms with van der Waals surface area (Å²) in [5.74, 6) is 0.373. The van der Waals surface area contributed by atoms with Gasteiger partial charge in [-0.25, -0.2) is 4.79 Å². The molecule has 5 heteroatoms. The molecule has 0 aliphatic carbocycles. The van der Waals surface area contributed by atoms with Crippen molar-refractivity contribution in [1.82, 2.24) is 4.90 Å². The van der Waals surface area contributed by atoms with Crippen LogP contribution in [-0.2, 0) is 13.1 Å². The van der Waals surface area contributed by atoms with Crippen LogP contribution in [0.4, 0.5) is 0 Å². The molecular formula is C13H15NO4. The fourth-order valence-corrected chi connectivity index (χ4v) is 1.82. The number of carboxylic acids is 1. The molecule has 0 saturated carbocycles. The molecule has 0 fully saturated rings. The minimum Gasteiger partial charge on any atom is -0.478 e. The van der Waals surface area contributed by atoms with Gasteiger partial charge in [-0.2, -0.15) is 0 Å². The Morgan fingerprint density at radius 1 is 1.28 bits per heavy atom. The van der Waals surface area contributed by atoms with E-state index in [0.717, 1.165) is 11.3 Å². The quantitative estimate of drug-likeness (QED) is 0.881. The lowest BCUT2D eigenvalue weighted by atomic mass is 10.2. The van der Waals surface area contributed by atoms with Crippen LogP contribution in [0.15, 0.2) is 33.5 Å². The number of carboxylic acid groups (broad SMARTS) is 1. The van der Waals surface area contributed by atoms with Crippen LogP contribution in [0.5, 0.6) is 0 Å². The maximum atomic E-state index is 10.9. The van der Waals surface area contributed by atoms with E-state index < -0.39 is 5.97 Å². The number of nitrogens with zero attached hydrogens (tertiary/aromatic N) is 1. The summed E-state index contributed by atoms with van der Waals surface area (Å²) in [5, 5.41) is 8.97. The third-order valence-electron chi connectivity index (χ3n) is 2.80. The molecule has 0 aromatic carbocycles. The smallest absolute Gasteiger partial charge is 0.339 e. The summed E-state index contributed by atoms with van der Waals surface area (Å²) in [6, 6.07) is 3.38. The van der Waals surface area contributed by atoms with Gasteiger partial charge in [0.25, 0.3) is 0 Å². The van der Waals surface area contributed by atoms with E-state index in [9.17, 15) is 4.79 Å². The van der Waals surface area contributed by atoms with Gasteiger partial charge in [-0.3, -0.25) is 4.90 Å². The van der Waals surface area contributed by atoms with Crippen molar-refractivity contribution in [2.75, 3.05) is 7.05 Å². The third kappa shape index (κ3) is 2.62. The summed E-state index contributed by atoms with van der Waals surface area (Å²) in [6.07, 6.45) is 3.05. The standard InChI is InChI=1S/C13H15NO4/c1-9-10(3-5-17-9)7-14(2)8-12-11(13(15)16)4-6-18-12/h3-6H,7-8H2,1-2H3,(H,15,16). The number of hydrogen-bond donors (Lipinski definition) is 1. The molecule has 18 heavy (non-hydrogen) atoms. The van der Waals surface area contributed by atoms with E-state index in [0.29, 0.717) is 18.8 Å². The van der Waals surface area contributed by atoms with Gasteiger partial charge < -0.3 is 13.9 Å². The van der Waals surface area contributed by atoms with Crippen LogP contribution in [0.1, 0.15) is 27.4 Å². The number of aryl methyl sites for hydroxylation is 1. The van der Waals surface area contributed by atoms with Crippen LogP contribution in [0.3, 0.4) is 0 Å². The van der Waals surface area contributed by atoms with Crippen molar-refractivity contribution < 1.29 is 18.7 Å². The first-order valence-corrected chi connectivity index (χ1v) is 5.59. The van der Waals surface area contributed by atoms with Gasteiger partial charge in [-0.05, 0) is 26.1 Å². The first kappa shape index (κ1) is 12.4. The lowest BCUT2D eigenvalue weighted by Crippen LogP contribution is -2.18. The average molecular weight is 249 g/mol. The molecule has 2 aromatic rings. The summed E-state index contributed by atoms with van der Waals surface area (Å²) in [4.78, 5) is 12.9. The maximum Gasteiger partial charge on any atom is 0.339 e. The highest BCUT2D eigenvalue weighted by Crippen LogP contribution is 2.16. The molecule has 96 valence electrons. The SMILES string of the molecule is Cc1occc1CN(C)Cc1occc1C(=O)O. The topological polar surface area (TPSA) is 66.8 Å². The van der Waals surface area contributed by atoms with E-state index in [2.05, 4.69) is 0 Å². The summed E-state index contributed by atoms with van der Waals surface area (Å²) in [7, 11) is 1.90. The molecule has 0 atom stereocenters. The highest BCUT2D eigenvalue weighted by Gasteiger charge is 2.15. The van der Waals surface area contributed by atoms with Crippen LogP contribution >= 0.6 is 0 Å². The monoisotopic (exact) mass is 249 g/mol. The van der Waals surface area contributed by atoms with Crippen molar-refractivity contribution in [1.29, 1.82) is 0 Å². The van der Waals surface area contributed by atoms with Crippen LogP contribution in [-0.4, -0.2) is 23.0 Å². The summed E-state index contributed by atoms with van der Waals surface area (Å²) in [6.45, 7) is 3.03. The number of aromatic carboxylic acids is 1. The Labute approximate surface area is 105 Å². The zero-order valence-corrected chi connectivity index (χ0v) is 10.3. The summed E-state index contributed by atoms with van der Waals surface area (Å²) < 4.78 is 10.4. The van der Waals surface area contributed by atoms with E-state index in [4.69, 9.17) is 13.9 Å². The predicted octanol–water partition coefficient (Wildman–Crippen LogP) is 2.51. The Hall–Kier alpha value is -2.01. The second-order valence-electron chi connectivity index (χ2n) is 4.24. The first-order chi connectivity index (χ1) is 8.58. The van der Waals surface area contributed by atoms with Gasteiger partial charge in [0.05, 0.1) is 19.1 Å². The minimum absolute atomic E-state index is 0.214. The lowest BCUT2D eigenvalue weighted by molar-refractivity contribution is 0.0693. The maximum absolute atomic E-state index is 10.9. The molecule has 0 aliphatic rings. The van der Waals surface area contributed by atoms with Crippen molar-refractivity contribution in [2.45, 2.75) is 20.0 Å². The number of furan rings is 2. The third-order valence-corrected chi connectivity index (χ3v) is 2.80. The van der Waals surface area contributed by atoms with E-state index in [-0.39, 0.29) is 5.56 Å². The Kier molecular flexibility index (Phi) is 3.53. The van der Waals surface area contributed by atoms with Gasteiger partial charge in [-0.15, -0.1) is 0 Å². The minimum atomic E-state index is -0.966. The van der Waals surface area contributed by atoms with E-state index >= 15 is 0 Å². The second kappa shape index (κ2) is 5.10. The molecule has 1 N–H and O–H groups in total. The van der Waals surface area contributed by atoms with Gasteiger partial charge in [0.2, 0.25) is 0 Å². The van der Waals surface area contributed by atoms with Crippen LogP contribution in [0.2, 0.25) is 0 Å². The zero-order chi connectivity index (χ0) is 13.1. The Bertz CT molecular complexity index is 541. The van der Waals surface area contributed by atoms with Gasteiger partial charge in [0, 0.05) is 12.1 Å². The van der Waals surface area contributed by atoms with Crippen molar-refractivity contribution in [2.24, 2.45) is 0 Å². The molecule has 0 spiro atoms. The number of hydrogen-bond acceptors (Lipinski definition) is 4. The molecule has 0 amide bonds. The molecule has 0 aliphatic heterocycles. The van der Waals surface area contributed by atoms with Gasteiger partial charge >= 0.3 is 5.97 Å². The predicted molar refractivity (Wildman–Crippen MR) is 64.3 cm³/mol. The van der Waals surface area contributed by atoms with Gasteiger partial charge in [0.1, 0.15) is 17.1 Å². The van der Waals surface area contributed by atoms with Crippen LogP contribution < -0.4 is 0 Å². The average Bonchev–Trinajstić information content (AvgIpc) is 2.89. The largest absolute Gasteiger partial charge is 0.478 e. The zero-order valence-electron chi connectivity index (χ0n) is 10.3. The Morgan fingerprint density at radius 2 is 2.00 bits per heavy atom. The Balaban J connectivity index is 2.03. The molecular weight excluding hydrogens is 234 g/mol. The second-order valence-corrected chi connectivity index (χ2v) is 4.24. The van der Waals surface area contributed by atoms with Gasteiger partial charge in [0.15, 0.2) is 0 Å². The molecule has 2 aromatic heterocycles. The van der Waals surface area contributed by atoms with E-state index in [1.54, 1.807) is 6.26 Å². The molecule has 0 saturated heterocycles. The highest BCUT2D eigenvalue weighted by atomic mass is 16.4. The van der Waals surface area contributed by atoms with Gasteiger partial charge in [-0.1, -0.05) is 0 Å². The molecule has 2 heterocycles. The summed E-state index contributed by atoms with van der Waals surface area (Å²) in [5.41, 5.74) is 1.30. The van der Waals surface area contributed by atoms with E-state index in [1.165, 1.54) is 12.3 Å². The fourth-order valence-electron chi connectivity index (χ4n) is 1.82. The van der Waals surface area contributed by atoms with Crippen LogP contribution in [0, 0.1) is 6.92 Å². The van der Waals surface area contributed by atoms with Crippen LogP contribution in [0.25, 0.3) is 0 Å². The lowest BCUT2D eigenvalue weighted by Gasteiger charge is -2.14. The normalized spacial score (nSPS) is 11.1. The molecule has 5 nitrogen and oxygen atoms in total. The first-order valence-electron chi connectivity index (χ1n) is 5.59. The summed E-state index contributed by atoms with van der Waals surface area (Å²) >= 11 is 0. The molecule has 0 radical (unpaired) electrons. The molecule has 0 bridgehead atoms. The fraction of sp³-hybridized carbons (Fsp3) is 0.308. The van der Waals surface area contributed by atoms with E-state index in [1.807, 2.05) is 24.9 Å². The van der Waals surface area contributed by atoms with Crippen molar-refractivity contribution in [3.8, 4) is 0 Å². The number of rotatable bonds is 5. The molecule has 0 unspecified atom stereocenters. The molecule has 2 rings (SSSR count). The van der Waals surface area contributed by atoms with Crippen molar-refractivity contribution in [3.63, 3.8) is 0 Å². The Morgan fingerprint density at radius 3 is 2.61 bits per heavy atom. The van der Waals surface area contributed by atoms with Crippen molar-refractivity contribution in [3.05, 3.63) is 47.3 Å². The van der Waals surface area contributed by atoms with Crippen molar-refractivity contribution >= 4 is 5.97 Å². The number of carbonyl (C=O) groups is 1.